The lowest BCUT2D eigenvalue weighted by Crippen LogP contribution is -2.32. The van der Waals surface area contributed by atoms with Crippen LogP contribution in [0.2, 0.25) is 0 Å². The van der Waals surface area contributed by atoms with Gasteiger partial charge in [-0.15, -0.1) is 0 Å². The molecule has 18 heavy (non-hydrogen) atoms. The fourth-order valence-corrected chi connectivity index (χ4v) is 2.36. The van der Waals surface area contributed by atoms with E-state index in [2.05, 4.69) is 19.1 Å². The summed E-state index contributed by atoms with van der Waals surface area (Å²) in [5.74, 6) is 0. The molecule has 0 saturated carbocycles. The van der Waals surface area contributed by atoms with E-state index in [0.717, 1.165) is 18.5 Å². The first-order valence-electron chi connectivity index (χ1n) is 7.22. The second-order valence-electron chi connectivity index (χ2n) is 5.04. The van der Waals surface area contributed by atoms with Crippen molar-refractivity contribution in [2.45, 2.75) is 51.6 Å². The number of rotatable bonds is 7. The second-order valence-corrected chi connectivity index (χ2v) is 5.04. The Hall–Kier alpha value is -0.795. The summed E-state index contributed by atoms with van der Waals surface area (Å²) in [6.45, 7) is 2.99. The highest BCUT2D eigenvalue weighted by molar-refractivity contribution is 6.61. The smallest absolute Gasteiger partial charge is 0.405 e. The van der Waals surface area contributed by atoms with E-state index in [9.17, 15) is 0 Å². The zero-order valence-corrected chi connectivity index (χ0v) is 11.3. The van der Waals surface area contributed by atoms with E-state index in [1.165, 1.54) is 32.1 Å². The quantitative estimate of drug-likeness (QED) is 0.543. The van der Waals surface area contributed by atoms with Crippen LogP contribution in [0, 0.1) is 0 Å². The molecule has 0 aromatic heterocycles. The van der Waals surface area contributed by atoms with Gasteiger partial charge in [-0.25, -0.2) is 0 Å². The zero-order valence-electron chi connectivity index (χ0n) is 11.3. The summed E-state index contributed by atoms with van der Waals surface area (Å²) in [5, 5.41) is 0. The highest BCUT2D eigenvalue weighted by Crippen LogP contribution is 2.16. The molecular weight excluding hydrogens is 223 g/mol. The summed E-state index contributed by atoms with van der Waals surface area (Å²) in [6, 6.07) is 10.2. The Morgan fingerprint density at radius 3 is 2.67 bits per heavy atom. The summed E-state index contributed by atoms with van der Waals surface area (Å²) in [4.78, 5) is 0. The topological polar surface area (TPSA) is 18.5 Å². The summed E-state index contributed by atoms with van der Waals surface area (Å²) in [5.41, 5.74) is 1.13. The molecule has 2 rings (SSSR count). The van der Waals surface area contributed by atoms with Crippen LogP contribution in [-0.4, -0.2) is 19.8 Å². The minimum absolute atomic E-state index is 0.146. The van der Waals surface area contributed by atoms with Crippen molar-refractivity contribution < 1.29 is 9.31 Å². The van der Waals surface area contributed by atoms with Crippen molar-refractivity contribution in [2.75, 3.05) is 6.61 Å². The average molecular weight is 246 g/mol. The predicted octanol–water partition coefficient (Wildman–Crippen LogP) is 3.16. The lowest BCUT2D eigenvalue weighted by molar-refractivity contribution is 0.217. The van der Waals surface area contributed by atoms with Crippen molar-refractivity contribution in [3.05, 3.63) is 30.3 Å². The molecule has 1 atom stereocenters. The van der Waals surface area contributed by atoms with E-state index in [4.69, 9.17) is 9.31 Å². The first-order chi connectivity index (χ1) is 8.90. The number of benzene rings is 1. The SMILES string of the molecule is CCCCCCCC1COB(c2ccccc2)O1. The van der Waals surface area contributed by atoms with Crippen LogP contribution in [0.3, 0.4) is 0 Å². The van der Waals surface area contributed by atoms with E-state index < -0.39 is 0 Å². The molecule has 1 aromatic rings. The van der Waals surface area contributed by atoms with Crippen molar-refractivity contribution in [1.82, 2.24) is 0 Å². The second kappa shape index (κ2) is 7.60. The van der Waals surface area contributed by atoms with Crippen LogP contribution in [-0.2, 0) is 9.31 Å². The molecule has 0 N–H and O–H groups in total. The van der Waals surface area contributed by atoms with Crippen LogP contribution in [0.25, 0.3) is 0 Å². The Bertz CT molecular complexity index is 329. The van der Waals surface area contributed by atoms with Crippen LogP contribution < -0.4 is 5.46 Å². The van der Waals surface area contributed by atoms with Gasteiger partial charge >= 0.3 is 7.12 Å². The maximum Gasteiger partial charge on any atom is 0.494 e. The first kappa shape index (κ1) is 13.6. The van der Waals surface area contributed by atoms with E-state index in [-0.39, 0.29) is 13.2 Å². The van der Waals surface area contributed by atoms with Crippen LogP contribution in [0.4, 0.5) is 0 Å². The Kier molecular flexibility index (Phi) is 5.75. The van der Waals surface area contributed by atoms with Gasteiger partial charge in [-0.05, 0) is 11.9 Å². The molecule has 1 unspecified atom stereocenters. The molecule has 0 radical (unpaired) electrons. The third-order valence-corrected chi connectivity index (χ3v) is 3.45. The number of hydrogen-bond acceptors (Lipinski definition) is 2. The third kappa shape index (κ3) is 4.15. The molecule has 1 aliphatic rings. The zero-order chi connectivity index (χ0) is 12.6. The molecule has 1 saturated heterocycles. The average Bonchev–Trinajstić information content (AvgIpc) is 2.88. The molecule has 2 nitrogen and oxygen atoms in total. The van der Waals surface area contributed by atoms with Crippen LogP contribution in [0.5, 0.6) is 0 Å². The van der Waals surface area contributed by atoms with Crippen LogP contribution >= 0.6 is 0 Å². The lowest BCUT2D eigenvalue weighted by atomic mass is 9.79. The molecule has 1 aromatic carbocycles. The monoisotopic (exact) mass is 246 g/mol. The number of unbranched alkanes of at least 4 members (excludes halogenated alkanes) is 4. The Morgan fingerprint density at radius 2 is 1.89 bits per heavy atom. The molecule has 0 amide bonds. The van der Waals surface area contributed by atoms with Crippen molar-refractivity contribution >= 4 is 12.6 Å². The van der Waals surface area contributed by atoms with Gasteiger partial charge in [-0.3, -0.25) is 0 Å². The Morgan fingerprint density at radius 1 is 1.11 bits per heavy atom. The minimum Gasteiger partial charge on any atom is -0.405 e. The van der Waals surface area contributed by atoms with E-state index in [0.29, 0.717) is 0 Å². The van der Waals surface area contributed by atoms with Crippen molar-refractivity contribution in [3.8, 4) is 0 Å². The normalized spacial score (nSPS) is 19.4. The molecule has 0 aliphatic carbocycles. The summed E-state index contributed by atoms with van der Waals surface area (Å²) in [7, 11) is -0.146. The molecule has 1 fully saturated rings. The van der Waals surface area contributed by atoms with Crippen LogP contribution in [0.1, 0.15) is 45.4 Å². The van der Waals surface area contributed by atoms with Crippen molar-refractivity contribution in [3.63, 3.8) is 0 Å². The molecule has 1 aliphatic heterocycles. The standard InChI is InChI=1S/C15H23BO2/c1-2-3-4-5-9-12-15-13-17-16(18-15)14-10-7-6-8-11-14/h6-8,10-11,15H,2-5,9,12-13H2,1H3. The molecule has 3 heteroatoms. The van der Waals surface area contributed by atoms with Gasteiger partial charge < -0.3 is 9.31 Å². The van der Waals surface area contributed by atoms with Gasteiger partial charge in [-0.2, -0.15) is 0 Å². The van der Waals surface area contributed by atoms with Gasteiger partial charge in [0.2, 0.25) is 0 Å². The van der Waals surface area contributed by atoms with Gasteiger partial charge in [0.05, 0.1) is 12.7 Å². The van der Waals surface area contributed by atoms with E-state index in [1.807, 2.05) is 18.2 Å². The minimum atomic E-state index is -0.146. The molecule has 0 bridgehead atoms. The lowest BCUT2D eigenvalue weighted by Gasteiger charge is -2.09. The maximum atomic E-state index is 5.93. The molecule has 0 spiro atoms. The van der Waals surface area contributed by atoms with Crippen molar-refractivity contribution in [1.29, 1.82) is 0 Å². The van der Waals surface area contributed by atoms with Crippen LogP contribution in [0.15, 0.2) is 30.3 Å². The Labute approximate surface area is 111 Å². The van der Waals surface area contributed by atoms with Gasteiger partial charge in [0, 0.05) is 0 Å². The van der Waals surface area contributed by atoms with Gasteiger partial charge in [-0.1, -0.05) is 69.4 Å². The molecule has 1 heterocycles. The fourth-order valence-electron chi connectivity index (χ4n) is 2.36. The first-order valence-corrected chi connectivity index (χ1v) is 7.22. The van der Waals surface area contributed by atoms with E-state index >= 15 is 0 Å². The Balaban J connectivity index is 1.66. The summed E-state index contributed by atoms with van der Waals surface area (Å²) >= 11 is 0. The highest BCUT2D eigenvalue weighted by Gasteiger charge is 2.32. The largest absolute Gasteiger partial charge is 0.494 e. The highest BCUT2D eigenvalue weighted by atomic mass is 16.6. The van der Waals surface area contributed by atoms with Crippen molar-refractivity contribution in [2.24, 2.45) is 0 Å². The third-order valence-electron chi connectivity index (χ3n) is 3.45. The van der Waals surface area contributed by atoms with Gasteiger partial charge in [0.25, 0.3) is 0 Å². The predicted molar refractivity (Wildman–Crippen MR) is 76.0 cm³/mol. The van der Waals surface area contributed by atoms with Gasteiger partial charge in [0.1, 0.15) is 0 Å². The summed E-state index contributed by atoms with van der Waals surface area (Å²) < 4.78 is 11.6. The fraction of sp³-hybridized carbons (Fsp3) is 0.600. The number of hydrogen-bond donors (Lipinski definition) is 0. The summed E-state index contributed by atoms with van der Waals surface area (Å²) in [6.07, 6.45) is 8.02. The van der Waals surface area contributed by atoms with Gasteiger partial charge in [0.15, 0.2) is 0 Å². The van der Waals surface area contributed by atoms with E-state index in [1.54, 1.807) is 0 Å². The molecule has 98 valence electrons. The molecular formula is C15H23BO2. The maximum absolute atomic E-state index is 5.93.